The molecule has 0 fully saturated rings. The van der Waals surface area contributed by atoms with Gasteiger partial charge in [0.15, 0.2) is 0 Å². The molecule has 3 atom stereocenters. The molecule has 0 radical (unpaired) electrons. The molecule has 103 heavy (non-hydrogen) atoms. The van der Waals surface area contributed by atoms with E-state index in [1.807, 2.05) is 48.5 Å². The standard InChI is InChI=1S/C72H82N16O14S/c1-85(43-62-79-53-18-8-9-19-54(53)80-62)69(96)45-23-26-51-49(35-45)41-87(71(98)58(77-51)37-65(90)91)33-15-5-3-13-31-73-64(89)30-28-57(83-67(94)48-25-29-61(75-39-48)84-76-40-47-17-7-12-22-60(47)103(100,101)102)68(95)74-32-14-4-6-16-34-88-42-50-36-46(24-27-52(50)78-59(72(88)99)38-66(92)93)70(97)86(2)44-63-81-55-20-10-11-21-56(55)82-63/h7-12,17-27,29,35-36,39-40,57-59,77-78H,3-6,13-16,28,30-34,37-38,41-44H2,1-2H3,(H,73,89)(H,74,95)(H,75,84)(H,79,80)(H,81,82)(H,83,94)(H,90,91)(H,92,93)(H,100,101,102)/b76-40+/t57-,58+,59-/m1/s1. The second kappa shape index (κ2) is 34.7. The van der Waals surface area contributed by atoms with Gasteiger partial charge in [-0.25, -0.2) is 15.0 Å². The number of anilines is 3. The predicted octanol–water partition coefficient (Wildman–Crippen LogP) is 6.90. The Bertz CT molecular complexity index is 4520. The van der Waals surface area contributed by atoms with Crippen LogP contribution < -0.4 is 32.0 Å². The lowest BCUT2D eigenvalue weighted by Crippen LogP contribution is -2.47. The monoisotopic (exact) mass is 1430 g/mol. The molecule has 0 aliphatic carbocycles. The first-order valence-corrected chi connectivity index (χ1v) is 35.3. The fourth-order valence-corrected chi connectivity index (χ4v) is 13.0. The summed E-state index contributed by atoms with van der Waals surface area (Å²) in [6.45, 7) is 1.75. The Kier molecular flexibility index (Phi) is 24.9. The Balaban J connectivity index is 0.702. The summed E-state index contributed by atoms with van der Waals surface area (Å²) < 4.78 is 33.3. The van der Waals surface area contributed by atoms with Crippen molar-refractivity contribution < 1.29 is 66.3 Å². The number of carboxylic acid groups (broad SMARTS) is 2. The molecule has 10 rings (SSSR count). The van der Waals surface area contributed by atoms with Gasteiger partial charge in [-0.1, -0.05) is 68.1 Å². The molecule has 5 heterocycles. The summed E-state index contributed by atoms with van der Waals surface area (Å²) in [5, 5.41) is 38.2. The summed E-state index contributed by atoms with van der Waals surface area (Å²) in [6, 6.07) is 30.4. The largest absolute Gasteiger partial charge is 0.481 e. The summed E-state index contributed by atoms with van der Waals surface area (Å²) in [6.07, 6.45) is 5.95. The molecular formula is C72H82N16O14S. The number of hydrogen-bond donors (Lipinski definition) is 11. The van der Waals surface area contributed by atoms with E-state index in [2.05, 4.69) is 62.0 Å². The van der Waals surface area contributed by atoms with Crippen LogP contribution in [-0.4, -0.2) is 186 Å². The summed E-state index contributed by atoms with van der Waals surface area (Å²) in [7, 11) is -1.20. The van der Waals surface area contributed by atoms with Crippen molar-refractivity contribution >= 4 is 109 Å². The van der Waals surface area contributed by atoms with Gasteiger partial charge in [0, 0.05) is 94.0 Å². The number of fused-ring (bicyclic) bond motifs is 4. The second-order valence-electron chi connectivity index (χ2n) is 25.4. The SMILES string of the molecule is CN(Cc1nc2ccccc2[nH]1)C(=O)c1ccc2c(c1)CN(CCCCCCNC(=O)CC[C@@H](NC(=O)c1ccc(N/N=C/c3ccccc3S(=O)(=O)O)nc1)C(=O)NCCCCCCN1Cc3cc(C(=O)N(C)Cc4nc5ccccc5[nH]4)ccc3N[C@H](CC(=O)O)C1=O)C(=O)[C@H](CC(=O)O)N2. The topological polar surface area (TPSA) is 416 Å². The number of hydrazone groups is 1. The van der Waals surface area contributed by atoms with Gasteiger partial charge in [0.25, 0.3) is 27.8 Å². The number of aliphatic carboxylic acids is 2. The number of unbranched alkanes of at least 4 members (excludes halogenated alkanes) is 6. The van der Waals surface area contributed by atoms with Gasteiger partial charge in [-0.2, -0.15) is 13.5 Å². The van der Waals surface area contributed by atoms with Gasteiger partial charge in [-0.05, 0) is 122 Å². The smallest absolute Gasteiger partial charge is 0.305 e. The minimum atomic E-state index is -4.54. The molecule has 0 saturated carbocycles. The first kappa shape index (κ1) is 74.1. The number of H-pyrrole nitrogens is 2. The van der Waals surface area contributed by atoms with Crippen LogP contribution >= 0.6 is 0 Å². The van der Waals surface area contributed by atoms with Crippen molar-refractivity contribution in [1.82, 2.24) is 60.5 Å². The number of amides is 7. The molecule has 0 spiro atoms. The van der Waals surface area contributed by atoms with E-state index in [9.17, 15) is 66.3 Å². The maximum absolute atomic E-state index is 13.9. The zero-order valence-corrected chi connectivity index (χ0v) is 57.7. The maximum Gasteiger partial charge on any atom is 0.305 e. The van der Waals surface area contributed by atoms with E-state index in [0.717, 1.165) is 22.1 Å². The Morgan fingerprint density at radius 2 is 1.13 bits per heavy atom. The van der Waals surface area contributed by atoms with Crippen molar-refractivity contribution in [3.63, 3.8) is 0 Å². The molecule has 5 aromatic carbocycles. The number of para-hydroxylation sites is 4. The van der Waals surface area contributed by atoms with E-state index >= 15 is 0 Å². The average Bonchev–Trinajstić information content (AvgIpc) is 1.71. The summed E-state index contributed by atoms with van der Waals surface area (Å²) in [4.78, 5) is 146. The lowest BCUT2D eigenvalue weighted by molar-refractivity contribution is -0.141. The van der Waals surface area contributed by atoms with Gasteiger partial charge < -0.3 is 66.4 Å². The number of carboxylic acids is 2. The van der Waals surface area contributed by atoms with Crippen LogP contribution in [0.5, 0.6) is 0 Å². The number of hydrogen-bond acceptors (Lipinski definition) is 18. The van der Waals surface area contributed by atoms with Crippen molar-refractivity contribution in [2.45, 2.75) is 126 Å². The maximum atomic E-state index is 13.9. The molecule has 0 bridgehead atoms. The first-order valence-electron chi connectivity index (χ1n) is 33.9. The van der Waals surface area contributed by atoms with Crippen LogP contribution in [0.3, 0.4) is 0 Å². The minimum absolute atomic E-state index is 0.0592. The highest BCUT2D eigenvalue weighted by Gasteiger charge is 2.34. The van der Waals surface area contributed by atoms with Crippen LogP contribution in [0.15, 0.2) is 138 Å². The molecule has 7 amide bonds. The molecule has 8 aromatic rings. The number of nitrogens with zero attached hydrogens (tertiary/aromatic N) is 8. The molecule has 11 N–H and O–H groups in total. The zero-order chi connectivity index (χ0) is 73.2. The van der Waals surface area contributed by atoms with Crippen LogP contribution in [0.25, 0.3) is 22.1 Å². The number of imidazole rings is 2. The number of benzene rings is 5. The molecule has 30 nitrogen and oxygen atoms in total. The Morgan fingerprint density at radius 1 is 0.631 bits per heavy atom. The number of aromatic amines is 2. The predicted molar refractivity (Wildman–Crippen MR) is 382 cm³/mol. The Morgan fingerprint density at radius 3 is 1.63 bits per heavy atom. The van der Waals surface area contributed by atoms with Gasteiger partial charge in [-0.3, -0.25) is 53.1 Å². The van der Waals surface area contributed by atoms with Crippen molar-refractivity contribution in [3.8, 4) is 0 Å². The minimum Gasteiger partial charge on any atom is -0.481 e. The summed E-state index contributed by atoms with van der Waals surface area (Å²) >= 11 is 0. The number of nitrogens with one attached hydrogen (secondary N) is 8. The third kappa shape index (κ3) is 20.3. The molecule has 0 unspecified atom stereocenters. The number of carbonyl (C=O) groups excluding carboxylic acids is 7. The van der Waals surface area contributed by atoms with Crippen LogP contribution in [0.1, 0.15) is 136 Å². The molecule has 2 aliphatic heterocycles. The van der Waals surface area contributed by atoms with Gasteiger partial charge >= 0.3 is 11.9 Å². The van der Waals surface area contributed by atoms with E-state index in [-0.39, 0.29) is 104 Å². The van der Waals surface area contributed by atoms with Gasteiger partial charge in [0.05, 0.1) is 59.8 Å². The molecule has 2 aliphatic rings. The van der Waals surface area contributed by atoms with Crippen molar-refractivity contribution in [1.29, 1.82) is 0 Å². The lowest BCUT2D eigenvalue weighted by atomic mass is 10.1. The highest BCUT2D eigenvalue weighted by molar-refractivity contribution is 7.86. The normalized spacial score (nSPS) is 14.7. The van der Waals surface area contributed by atoms with Crippen LogP contribution in [0.4, 0.5) is 17.2 Å². The second-order valence-corrected chi connectivity index (χ2v) is 26.8. The van der Waals surface area contributed by atoms with Crippen LogP contribution in [0.2, 0.25) is 0 Å². The molecular weight excluding hydrogens is 1340 g/mol. The van der Waals surface area contributed by atoms with Crippen LogP contribution in [0, 0.1) is 0 Å². The van der Waals surface area contributed by atoms with Crippen molar-refractivity contribution in [2.24, 2.45) is 5.10 Å². The Labute approximate surface area is 593 Å². The van der Waals surface area contributed by atoms with Gasteiger partial charge in [0.1, 0.15) is 40.5 Å². The van der Waals surface area contributed by atoms with E-state index in [1.54, 1.807) is 66.4 Å². The van der Waals surface area contributed by atoms with Gasteiger partial charge in [-0.15, -0.1) is 0 Å². The fourth-order valence-electron chi connectivity index (χ4n) is 12.3. The van der Waals surface area contributed by atoms with Gasteiger partial charge in [0.2, 0.25) is 23.6 Å². The molecule has 3 aromatic heterocycles. The summed E-state index contributed by atoms with van der Waals surface area (Å²) in [5.74, 6) is -3.85. The third-order valence-corrected chi connectivity index (χ3v) is 18.6. The first-order chi connectivity index (χ1) is 49.5. The quantitative estimate of drug-likeness (QED) is 0.00845. The number of pyridine rings is 1. The molecule has 540 valence electrons. The van der Waals surface area contributed by atoms with E-state index in [1.165, 1.54) is 52.5 Å². The molecule has 31 heteroatoms. The fraction of sp³-hybridized carbons (Fsp3) is 0.347. The van der Waals surface area contributed by atoms with Crippen molar-refractivity contribution in [3.05, 3.63) is 173 Å². The number of rotatable bonds is 34. The number of carbonyl (C=O) groups is 9. The van der Waals surface area contributed by atoms with Crippen molar-refractivity contribution in [2.75, 3.05) is 56.3 Å². The van der Waals surface area contributed by atoms with E-state index in [0.29, 0.717) is 103 Å². The highest BCUT2D eigenvalue weighted by Crippen LogP contribution is 2.30. The molecule has 0 saturated heterocycles. The van der Waals surface area contributed by atoms with Crippen LogP contribution in [-0.2, 0) is 65.1 Å². The average molecular weight is 1430 g/mol. The summed E-state index contributed by atoms with van der Waals surface area (Å²) in [5.41, 5.74) is 9.20. The van der Waals surface area contributed by atoms with E-state index < -0.39 is 70.7 Å². The number of aromatic nitrogens is 5. The van der Waals surface area contributed by atoms with E-state index in [4.69, 9.17) is 0 Å². The third-order valence-electron chi connectivity index (χ3n) is 17.6. The lowest BCUT2D eigenvalue weighted by Gasteiger charge is -2.24. The zero-order valence-electron chi connectivity index (χ0n) is 56.9. The Hall–Kier alpha value is -11.6. The highest BCUT2D eigenvalue weighted by atomic mass is 32.2.